The molecule has 0 amide bonds. The molecule has 0 radical (unpaired) electrons. The van der Waals surface area contributed by atoms with Crippen LogP contribution < -0.4 is 0 Å². The van der Waals surface area contributed by atoms with Crippen molar-refractivity contribution in [3.05, 3.63) is 45.3 Å². The molecule has 0 heterocycles. The Labute approximate surface area is 136 Å². The number of rotatable bonds is 5. The highest BCUT2D eigenvalue weighted by atomic mass is 35.5. The Kier molecular flexibility index (Phi) is 5.44. The summed E-state index contributed by atoms with van der Waals surface area (Å²) in [7, 11) is 0. The average Bonchev–Trinajstić information content (AvgIpc) is 2.49. The molecule has 1 aromatic rings. The molecule has 1 saturated carbocycles. The van der Waals surface area contributed by atoms with Crippen LogP contribution in [0.5, 0.6) is 0 Å². The molecule has 0 spiro atoms. The lowest BCUT2D eigenvalue weighted by molar-refractivity contribution is -0.139. The first-order valence-electron chi connectivity index (χ1n) is 7.24. The first kappa shape index (κ1) is 17.5. The standard InChI is InChI=1S/C15H16ClF2N3O2/c16-11-3-1-9(2-4-11)12(13(14(22)23)20-21-19)10-5-7-15(17,18)8-6-10/h1-4,10,12-13H,5-8H2,(H,22,23). The van der Waals surface area contributed by atoms with E-state index in [0.717, 1.165) is 0 Å². The zero-order valence-corrected chi connectivity index (χ0v) is 13.0. The van der Waals surface area contributed by atoms with Gasteiger partial charge in [-0.1, -0.05) is 28.8 Å². The molecule has 2 rings (SSSR count). The monoisotopic (exact) mass is 343 g/mol. The second-order valence-corrected chi connectivity index (χ2v) is 6.20. The van der Waals surface area contributed by atoms with Crippen molar-refractivity contribution in [3.63, 3.8) is 0 Å². The molecule has 0 aromatic heterocycles. The molecule has 23 heavy (non-hydrogen) atoms. The Morgan fingerprint density at radius 2 is 1.91 bits per heavy atom. The van der Waals surface area contributed by atoms with Gasteiger partial charge in [0.1, 0.15) is 6.04 Å². The van der Waals surface area contributed by atoms with Crippen LogP contribution in [0.15, 0.2) is 29.4 Å². The number of nitrogens with zero attached hydrogens (tertiary/aromatic N) is 3. The molecular weight excluding hydrogens is 328 g/mol. The Morgan fingerprint density at radius 1 is 1.35 bits per heavy atom. The molecule has 0 saturated heterocycles. The van der Waals surface area contributed by atoms with Crippen molar-refractivity contribution >= 4 is 17.6 Å². The summed E-state index contributed by atoms with van der Waals surface area (Å²) in [5.74, 6) is -4.92. The molecule has 0 aliphatic heterocycles. The smallest absolute Gasteiger partial charge is 0.313 e. The number of aliphatic carboxylic acids is 1. The van der Waals surface area contributed by atoms with Gasteiger partial charge < -0.3 is 5.11 Å². The van der Waals surface area contributed by atoms with Gasteiger partial charge in [-0.25, -0.2) is 8.78 Å². The Morgan fingerprint density at radius 3 is 2.39 bits per heavy atom. The summed E-state index contributed by atoms with van der Waals surface area (Å²) >= 11 is 5.85. The number of hydrogen-bond acceptors (Lipinski definition) is 2. The minimum absolute atomic E-state index is 0.186. The number of carboxylic acid groups (broad SMARTS) is 1. The third-order valence-electron chi connectivity index (χ3n) is 4.29. The van der Waals surface area contributed by atoms with Crippen LogP contribution in [0.2, 0.25) is 5.02 Å². The summed E-state index contributed by atoms with van der Waals surface area (Å²) in [5.41, 5.74) is 9.29. The molecule has 2 atom stereocenters. The van der Waals surface area contributed by atoms with E-state index in [9.17, 15) is 18.7 Å². The molecule has 0 bridgehead atoms. The van der Waals surface area contributed by atoms with Gasteiger partial charge in [0.05, 0.1) is 0 Å². The van der Waals surface area contributed by atoms with Gasteiger partial charge in [-0.15, -0.1) is 0 Å². The average molecular weight is 344 g/mol. The summed E-state index contributed by atoms with van der Waals surface area (Å²) in [6.45, 7) is 0. The fourth-order valence-corrected chi connectivity index (χ4v) is 3.28. The van der Waals surface area contributed by atoms with E-state index in [-0.39, 0.29) is 31.6 Å². The number of carboxylic acids is 1. The number of halogens is 3. The normalized spacial score (nSPS) is 20.3. The quantitative estimate of drug-likeness (QED) is 0.462. The highest BCUT2D eigenvalue weighted by Gasteiger charge is 2.42. The van der Waals surface area contributed by atoms with Gasteiger partial charge in [0.15, 0.2) is 0 Å². The molecular formula is C15H16ClF2N3O2. The van der Waals surface area contributed by atoms with Crippen LogP contribution in [0.1, 0.15) is 37.2 Å². The number of azide groups is 1. The lowest BCUT2D eigenvalue weighted by atomic mass is 9.72. The maximum atomic E-state index is 13.4. The highest BCUT2D eigenvalue weighted by Crippen LogP contribution is 2.44. The molecule has 5 nitrogen and oxygen atoms in total. The van der Waals surface area contributed by atoms with E-state index < -0.39 is 23.9 Å². The van der Waals surface area contributed by atoms with Crippen molar-refractivity contribution in [1.29, 1.82) is 0 Å². The van der Waals surface area contributed by atoms with Crippen molar-refractivity contribution < 1.29 is 18.7 Å². The van der Waals surface area contributed by atoms with Gasteiger partial charge in [-0.2, -0.15) is 0 Å². The SMILES string of the molecule is [N-]=[N+]=NC(C(=O)O)C(c1ccc(Cl)cc1)C1CCC(F)(F)CC1. The topological polar surface area (TPSA) is 86.1 Å². The second-order valence-electron chi connectivity index (χ2n) is 5.76. The molecule has 1 N–H and O–H groups in total. The maximum Gasteiger partial charge on any atom is 0.313 e. The summed E-state index contributed by atoms with van der Waals surface area (Å²) < 4.78 is 26.8. The zero-order chi connectivity index (χ0) is 17.0. The molecule has 8 heteroatoms. The predicted molar refractivity (Wildman–Crippen MR) is 81.7 cm³/mol. The number of hydrogen-bond donors (Lipinski definition) is 1. The van der Waals surface area contributed by atoms with Gasteiger partial charge in [-0.05, 0) is 42.0 Å². The zero-order valence-electron chi connectivity index (χ0n) is 12.2. The fraction of sp³-hybridized carbons (Fsp3) is 0.533. The van der Waals surface area contributed by atoms with Crippen molar-refractivity contribution in [2.45, 2.75) is 43.6 Å². The van der Waals surface area contributed by atoms with Crippen LogP contribution in [0.4, 0.5) is 8.78 Å². The highest BCUT2D eigenvalue weighted by molar-refractivity contribution is 6.30. The van der Waals surface area contributed by atoms with Crippen LogP contribution in [0, 0.1) is 5.92 Å². The molecule has 124 valence electrons. The summed E-state index contributed by atoms with van der Waals surface area (Å²) in [4.78, 5) is 14.1. The van der Waals surface area contributed by atoms with E-state index >= 15 is 0 Å². The second kappa shape index (κ2) is 7.15. The minimum atomic E-state index is -2.71. The Bertz CT molecular complexity index is 606. The summed E-state index contributed by atoms with van der Waals surface area (Å²) in [5, 5.41) is 13.3. The first-order valence-corrected chi connectivity index (χ1v) is 7.62. The van der Waals surface area contributed by atoms with Crippen LogP contribution in [-0.2, 0) is 4.79 Å². The Hall–Kier alpha value is -1.85. The van der Waals surface area contributed by atoms with E-state index in [1.54, 1.807) is 24.3 Å². The van der Waals surface area contributed by atoms with Crippen molar-refractivity contribution in [2.75, 3.05) is 0 Å². The van der Waals surface area contributed by atoms with Crippen molar-refractivity contribution in [1.82, 2.24) is 0 Å². The van der Waals surface area contributed by atoms with E-state index in [1.165, 1.54) is 0 Å². The maximum absolute atomic E-state index is 13.4. The summed E-state index contributed by atoms with van der Waals surface area (Å²) in [6.07, 6.45) is -0.204. The third kappa shape index (κ3) is 4.33. The van der Waals surface area contributed by atoms with Gasteiger partial charge in [0, 0.05) is 28.7 Å². The largest absolute Gasteiger partial charge is 0.481 e. The van der Waals surface area contributed by atoms with Crippen LogP contribution in [0.25, 0.3) is 10.4 Å². The van der Waals surface area contributed by atoms with E-state index in [2.05, 4.69) is 10.0 Å². The first-order chi connectivity index (χ1) is 10.8. The van der Waals surface area contributed by atoms with Gasteiger partial charge in [0.25, 0.3) is 0 Å². The molecule has 1 aromatic carbocycles. The van der Waals surface area contributed by atoms with Crippen molar-refractivity contribution in [3.8, 4) is 0 Å². The van der Waals surface area contributed by atoms with Crippen LogP contribution >= 0.6 is 11.6 Å². The molecule has 2 unspecified atom stereocenters. The Balaban J connectivity index is 2.36. The molecule has 1 aliphatic rings. The van der Waals surface area contributed by atoms with Gasteiger partial charge in [0.2, 0.25) is 5.92 Å². The van der Waals surface area contributed by atoms with E-state index in [0.29, 0.717) is 10.6 Å². The summed E-state index contributed by atoms with van der Waals surface area (Å²) in [6, 6.07) is 5.19. The third-order valence-corrected chi connectivity index (χ3v) is 4.55. The lowest BCUT2D eigenvalue weighted by Gasteiger charge is -2.35. The lowest BCUT2D eigenvalue weighted by Crippen LogP contribution is -2.35. The van der Waals surface area contributed by atoms with E-state index in [1.807, 2.05) is 0 Å². The number of benzene rings is 1. The van der Waals surface area contributed by atoms with Gasteiger partial charge >= 0.3 is 5.97 Å². The molecule has 1 fully saturated rings. The minimum Gasteiger partial charge on any atom is -0.481 e. The van der Waals surface area contributed by atoms with Crippen LogP contribution in [0.3, 0.4) is 0 Å². The number of alkyl halides is 2. The van der Waals surface area contributed by atoms with Gasteiger partial charge in [-0.3, -0.25) is 4.79 Å². The molecule has 1 aliphatic carbocycles. The van der Waals surface area contributed by atoms with Crippen molar-refractivity contribution in [2.24, 2.45) is 11.0 Å². The van der Waals surface area contributed by atoms with Crippen LogP contribution in [-0.4, -0.2) is 23.0 Å². The van der Waals surface area contributed by atoms with E-state index in [4.69, 9.17) is 17.1 Å². The fourth-order valence-electron chi connectivity index (χ4n) is 3.15. The number of carbonyl (C=O) groups is 1. The predicted octanol–water partition coefficient (Wildman–Crippen LogP) is 5.01.